The number of hydrogen-bond acceptors (Lipinski definition) is 4. The summed E-state index contributed by atoms with van der Waals surface area (Å²) in [5.41, 5.74) is 0.905. The molecule has 1 fully saturated rings. The second-order valence-electron chi connectivity index (χ2n) is 5.28. The Morgan fingerprint density at radius 2 is 2.15 bits per heavy atom. The van der Waals surface area contributed by atoms with Gasteiger partial charge >= 0.3 is 0 Å². The van der Waals surface area contributed by atoms with Gasteiger partial charge in [0.2, 0.25) is 10.0 Å². The van der Waals surface area contributed by atoms with E-state index in [2.05, 4.69) is 0 Å². The van der Waals surface area contributed by atoms with Crippen LogP contribution in [0.2, 0.25) is 0 Å². The van der Waals surface area contributed by atoms with E-state index in [4.69, 9.17) is 5.26 Å². The van der Waals surface area contributed by atoms with Crippen molar-refractivity contribution in [3.05, 3.63) is 29.3 Å². The van der Waals surface area contributed by atoms with Gasteiger partial charge in [0.1, 0.15) is 0 Å². The highest BCUT2D eigenvalue weighted by Crippen LogP contribution is 2.33. The van der Waals surface area contributed by atoms with Gasteiger partial charge in [-0.2, -0.15) is 9.57 Å². The lowest BCUT2D eigenvalue weighted by Crippen LogP contribution is -2.35. The molecule has 1 atom stereocenters. The van der Waals surface area contributed by atoms with Gasteiger partial charge in [-0.25, -0.2) is 8.42 Å². The zero-order chi connectivity index (χ0) is 14.9. The van der Waals surface area contributed by atoms with Crippen LogP contribution in [0.15, 0.2) is 23.1 Å². The van der Waals surface area contributed by atoms with Gasteiger partial charge in [-0.3, -0.25) is 0 Å². The molecule has 1 aromatic rings. The van der Waals surface area contributed by atoms with Crippen LogP contribution in [0, 0.1) is 24.2 Å². The molecule has 0 spiro atoms. The number of benzene rings is 1. The molecule has 1 unspecified atom stereocenters. The molecule has 0 bridgehead atoms. The van der Waals surface area contributed by atoms with Crippen molar-refractivity contribution in [2.45, 2.75) is 30.8 Å². The maximum Gasteiger partial charge on any atom is 0.243 e. The Labute approximate surface area is 119 Å². The van der Waals surface area contributed by atoms with E-state index in [0.29, 0.717) is 11.1 Å². The van der Waals surface area contributed by atoms with Crippen LogP contribution in [0.5, 0.6) is 0 Å². The Balaban J connectivity index is 2.27. The van der Waals surface area contributed by atoms with Gasteiger partial charge in [0.05, 0.1) is 22.6 Å². The monoisotopic (exact) mass is 294 g/mol. The smallest absolute Gasteiger partial charge is 0.243 e. The van der Waals surface area contributed by atoms with Gasteiger partial charge in [-0.15, -0.1) is 0 Å². The molecule has 1 saturated carbocycles. The fourth-order valence-corrected chi connectivity index (χ4v) is 3.54. The second-order valence-corrected chi connectivity index (χ2v) is 7.30. The van der Waals surface area contributed by atoms with Crippen molar-refractivity contribution in [3.63, 3.8) is 0 Å². The lowest BCUT2D eigenvalue weighted by atomic mass is 10.2. The van der Waals surface area contributed by atoms with Gasteiger partial charge in [0, 0.05) is 13.6 Å². The molecule has 1 aromatic carbocycles. The molecule has 1 aliphatic carbocycles. The summed E-state index contributed by atoms with van der Waals surface area (Å²) in [5.74, 6) is 0.221. The number of nitrogens with zero attached hydrogens (tertiary/aromatic N) is 2. The maximum absolute atomic E-state index is 12.5. The van der Waals surface area contributed by atoms with Crippen LogP contribution in [0.4, 0.5) is 0 Å². The Morgan fingerprint density at radius 3 is 2.70 bits per heavy atom. The average molecular weight is 294 g/mol. The fourth-order valence-electron chi connectivity index (χ4n) is 2.11. The molecule has 0 aliphatic heterocycles. The minimum absolute atomic E-state index is 0.0865. The number of likely N-dealkylation sites (N-methyl/N-ethyl adjacent to an activating group) is 1. The van der Waals surface area contributed by atoms with E-state index in [-0.39, 0.29) is 17.4 Å². The van der Waals surface area contributed by atoms with Gasteiger partial charge in [-0.05, 0) is 43.4 Å². The first-order chi connectivity index (χ1) is 9.36. The highest BCUT2D eigenvalue weighted by molar-refractivity contribution is 7.89. The summed E-state index contributed by atoms with van der Waals surface area (Å²) in [4.78, 5) is 0.127. The third kappa shape index (κ3) is 3.01. The first-order valence-electron chi connectivity index (χ1n) is 6.51. The van der Waals surface area contributed by atoms with E-state index in [1.54, 1.807) is 19.1 Å². The zero-order valence-corrected chi connectivity index (χ0v) is 12.4. The molecule has 5 nitrogen and oxygen atoms in total. The van der Waals surface area contributed by atoms with E-state index < -0.39 is 16.1 Å². The predicted molar refractivity (Wildman–Crippen MR) is 74.4 cm³/mol. The van der Waals surface area contributed by atoms with Gasteiger partial charge < -0.3 is 5.11 Å². The van der Waals surface area contributed by atoms with Crippen molar-refractivity contribution in [3.8, 4) is 6.07 Å². The minimum Gasteiger partial charge on any atom is -0.391 e. The minimum atomic E-state index is -3.68. The van der Waals surface area contributed by atoms with Crippen LogP contribution < -0.4 is 0 Å². The standard InChI is InChI=1S/C14H18N2O3S/c1-10-3-4-11(8-15)7-14(10)20(18,19)16(2)9-13(17)12-5-6-12/h3-4,7,12-13,17H,5-6,9H2,1-2H3. The Morgan fingerprint density at radius 1 is 1.50 bits per heavy atom. The van der Waals surface area contributed by atoms with Crippen molar-refractivity contribution in [1.82, 2.24) is 4.31 Å². The molecular formula is C14H18N2O3S. The topological polar surface area (TPSA) is 81.4 Å². The zero-order valence-electron chi connectivity index (χ0n) is 11.6. The number of rotatable bonds is 5. The summed E-state index contributed by atoms with van der Waals surface area (Å²) in [6.07, 6.45) is 1.30. The van der Waals surface area contributed by atoms with E-state index in [1.165, 1.54) is 17.4 Å². The van der Waals surface area contributed by atoms with Crippen molar-refractivity contribution in [1.29, 1.82) is 5.26 Å². The van der Waals surface area contributed by atoms with E-state index in [1.807, 2.05) is 6.07 Å². The van der Waals surface area contributed by atoms with Gasteiger partial charge in [0.25, 0.3) is 0 Å². The predicted octanol–water partition coefficient (Wildman–Crippen LogP) is 1.26. The number of aryl methyl sites for hydroxylation is 1. The lowest BCUT2D eigenvalue weighted by molar-refractivity contribution is 0.131. The molecule has 1 N–H and O–H groups in total. The molecule has 2 rings (SSSR count). The SMILES string of the molecule is Cc1ccc(C#N)cc1S(=O)(=O)N(C)CC(O)C1CC1. The van der Waals surface area contributed by atoms with E-state index in [9.17, 15) is 13.5 Å². The largest absolute Gasteiger partial charge is 0.391 e. The van der Waals surface area contributed by atoms with Crippen LogP contribution in [0.1, 0.15) is 24.0 Å². The van der Waals surface area contributed by atoms with Crippen LogP contribution in [-0.2, 0) is 10.0 Å². The first-order valence-corrected chi connectivity index (χ1v) is 7.95. The molecule has 0 radical (unpaired) electrons. The summed E-state index contributed by atoms with van der Waals surface area (Å²) in [7, 11) is -2.22. The normalized spacial score (nSPS) is 16.9. The average Bonchev–Trinajstić information content (AvgIpc) is 3.23. The maximum atomic E-state index is 12.5. The van der Waals surface area contributed by atoms with Crippen LogP contribution >= 0.6 is 0 Å². The molecular weight excluding hydrogens is 276 g/mol. The fraction of sp³-hybridized carbons (Fsp3) is 0.500. The molecule has 6 heteroatoms. The summed E-state index contributed by atoms with van der Waals surface area (Å²) in [6.45, 7) is 1.78. The Kier molecular flexibility index (Phi) is 4.14. The van der Waals surface area contributed by atoms with E-state index in [0.717, 1.165) is 12.8 Å². The number of nitriles is 1. The highest BCUT2D eigenvalue weighted by atomic mass is 32.2. The third-order valence-corrected chi connectivity index (χ3v) is 5.58. The molecule has 20 heavy (non-hydrogen) atoms. The molecule has 0 heterocycles. The number of sulfonamides is 1. The first kappa shape index (κ1) is 15.0. The van der Waals surface area contributed by atoms with Crippen LogP contribution in [-0.4, -0.2) is 37.5 Å². The van der Waals surface area contributed by atoms with Crippen molar-refractivity contribution < 1.29 is 13.5 Å². The van der Waals surface area contributed by atoms with Crippen LogP contribution in [0.3, 0.4) is 0 Å². The summed E-state index contributed by atoms with van der Waals surface area (Å²) >= 11 is 0. The molecule has 1 aliphatic rings. The molecule has 0 saturated heterocycles. The molecule has 0 amide bonds. The number of aliphatic hydroxyl groups is 1. The Hall–Kier alpha value is -1.42. The molecule has 108 valence electrons. The Bertz CT molecular complexity index is 645. The number of aliphatic hydroxyl groups excluding tert-OH is 1. The van der Waals surface area contributed by atoms with Crippen LogP contribution in [0.25, 0.3) is 0 Å². The van der Waals surface area contributed by atoms with Gasteiger partial charge in [0.15, 0.2) is 0 Å². The van der Waals surface area contributed by atoms with Crippen molar-refractivity contribution in [2.24, 2.45) is 5.92 Å². The van der Waals surface area contributed by atoms with Gasteiger partial charge in [-0.1, -0.05) is 6.07 Å². The van der Waals surface area contributed by atoms with Crippen molar-refractivity contribution >= 4 is 10.0 Å². The quantitative estimate of drug-likeness (QED) is 0.886. The summed E-state index contributed by atoms with van der Waals surface area (Å²) in [6, 6.07) is 6.53. The lowest BCUT2D eigenvalue weighted by Gasteiger charge is -2.21. The number of hydrogen-bond donors (Lipinski definition) is 1. The third-order valence-electron chi connectivity index (χ3n) is 3.62. The second kappa shape index (κ2) is 5.52. The van der Waals surface area contributed by atoms with E-state index >= 15 is 0 Å². The summed E-state index contributed by atoms with van der Waals surface area (Å²) in [5, 5.41) is 18.8. The molecule has 0 aromatic heterocycles. The van der Waals surface area contributed by atoms with Crippen molar-refractivity contribution in [2.75, 3.05) is 13.6 Å². The highest BCUT2D eigenvalue weighted by Gasteiger charge is 2.33. The summed E-state index contributed by atoms with van der Waals surface area (Å²) < 4.78 is 26.2.